The standard InChI is InChI=1S/C11H7ClN4O3/c12-11-13-5-8(6-14-11)15-10(17)7-1-3-9(4-2-7)16(18)19/h1-6H,(H,15,17). The maximum atomic E-state index is 11.8. The van der Waals surface area contributed by atoms with Gasteiger partial charge in [0.05, 0.1) is 23.0 Å². The molecule has 0 saturated heterocycles. The molecule has 8 heteroatoms. The third-order valence-corrected chi connectivity index (χ3v) is 2.41. The molecule has 0 aliphatic carbocycles. The molecule has 0 aliphatic heterocycles. The minimum Gasteiger partial charge on any atom is -0.319 e. The van der Waals surface area contributed by atoms with Crippen LogP contribution >= 0.6 is 11.6 Å². The Morgan fingerprint density at radius 2 is 1.79 bits per heavy atom. The third-order valence-electron chi connectivity index (χ3n) is 2.22. The Balaban J connectivity index is 2.11. The fourth-order valence-corrected chi connectivity index (χ4v) is 1.41. The number of nitrogens with one attached hydrogen (secondary N) is 1. The Bertz CT molecular complexity index is 613. The molecule has 1 N–H and O–H groups in total. The monoisotopic (exact) mass is 278 g/mol. The third kappa shape index (κ3) is 3.23. The summed E-state index contributed by atoms with van der Waals surface area (Å²) in [4.78, 5) is 29.2. The average molecular weight is 279 g/mol. The fraction of sp³-hybridized carbons (Fsp3) is 0. The SMILES string of the molecule is O=C(Nc1cnc(Cl)nc1)c1ccc([N+](=O)[O-])cc1. The van der Waals surface area contributed by atoms with E-state index in [2.05, 4.69) is 15.3 Å². The molecule has 0 atom stereocenters. The van der Waals surface area contributed by atoms with Crippen LogP contribution in [0.3, 0.4) is 0 Å². The van der Waals surface area contributed by atoms with Gasteiger partial charge in [0, 0.05) is 17.7 Å². The Kier molecular flexibility index (Phi) is 3.67. The van der Waals surface area contributed by atoms with Crippen LogP contribution in [0, 0.1) is 10.1 Å². The number of nitro benzene ring substituents is 1. The predicted octanol–water partition coefficient (Wildman–Crippen LogP) is 2.29. The molecule has 0 bridgehead atoms. The van der Waals surface area contributed by atoms with E-state index < -0.39 is 10.8 Å². The second-order valence-electron chi connectivity index (χ2n) is 3.50. The second-order valence-corrected chi connectivity index (χ2v) is 3.84. The van der Waals surface area contributed by atoms with Gasteiger partial charge in [-0.3, -0.25) is 14.9 Å². The molecule has 0 unspecified atom stereocenters. The van der Waals surface area contributed by atoms with E-state index in [1.54, 1.807) is 0 Å². The lowest BCUT2D eigenvalue weighted by molar-refractivity contribution is -0.384. The number of rotatable bonds is 3. The number of benzene rings is 1. The van der Waals surface area contributed by atoms with Gasteiger partial charge in [0.1, 0.15) is 0 Å². The summed E-state index contributed by atoms with van der Waals surface area (Å²) in [5.74, 6) is -0.416. The van der Waals surface area contributed by atoms with Crippen LogP contribution in [-0.4, -0.2) is 20.8 Å². The molecule has 96 valence electrons. The van der Waals surface area contributed by atoms with Crippen LogP contribution in [0.25, 0.3) is 0 Å². The normalized spacial score (nSPS) is 9.95. The molecule has 7 nitrogen and oxygen atoms in total. The highest BCUT2D eigenvalue weighted by Gasteiger charge is 2.09. The van der Waals surface area contributed by atoms with E-state index in [0.29, 0.717) is 11.3 Å². The largest absolute Gasteiger partial charge is 0.319 e. The number of carbonyl (C=O) groups excluding carboxylic acids is 1. The molecular formula is C11H7ClN4O3. The molecule has 1 amide bonds. The van der Waals surface area contributed by atoms with Gasteiger partial charge in [-0.25, -0.2) is 9.97 Å². The van der Waals surface area contributed by atoms with Crippen LogP contribution in [0.5, 0.6) is 0 Å². The fourth-order valence-electron chi connectivity index (χ4n) is 1.31. The molecule has 1 aromatic carbocycles. The molecule has 0 saturated carbocycles. The number of anilines is 1. The Labute approximate surface area is 112 Å². The first-order valence-corrected chi connectivity index (χ1v) is 5.47. The summed E-state index contributed by atoms with van der Waals surface area (Å²) in [6, 6.07) is 5.25. The number of hydrogen-bond acceptors (Lipinski definition) is 5. The molecule has 2 aromatic rings. The van der Waals surface area contributed by atoms with Crippen molar-refractivity contribution in [2.24, 2.45) is 0 Å². The highest BCUT2D eigenvalue weighted by atomic mass is 35.5. The van der Waals surface area contributed by atoms with E-state index in [1.807, 2.05) is 0 Å². The number of non-ortho nitro benzene ring substituents is 1. The van der Waals surface area contributed by atoms with Gasteiger partial charge in [-0.2, -0.15) is 0 Å². The van der Waals surface area contributed by atoms with Gasteiger partial charge >= 0.3 is 0 Å². The number of amides is 1. The summed E-state index contributed by atoms with van der Waals surface area (Å²) in [7, 11) is 0. The summed E-state index contributed by atoms with van der Waals surface area (Å²) >= 11 is 5.51. The smallest absolute Gasteiger partial charge is 0.269 e. The molecule has 0 aliphatic rings. The number of aromatic nitrogens is 2. The Morgan fingerprint density at radius 3 is 2.32 bits per heavy atom. The Morgan fingerprint density at radius 1 is 1.21 bits per heavy atom. The molecule has 2 rings (SSSR count). The zero-order chi connectivity index (χ0) is 13.8. The van der Waals surface area contributed by atoms with Gasteiger partial charge in [-0.1, -0.05) is 0 Å². The lowest BCUT2D eigenvalue weighted by Gasteiger charge is -2.04. The molecule has 1 heterocycles. The van der Waals surface area contributed by atoms with Gasteiger partial charge in [0.25, 0.3) is 11.6 Å². The summed E-state index contributed by atoms with van der Waals surface area (Å²) in [5.41, 5.74) is 0.597. The minimum absolute atomic E-state index is 0.0772. The van der Waals surface area contributed by atoms with Crippen LogP contribution in [0.15, 0.2) is 36.7 Å². The van der Waals surface area contributed by atoms with Gasteiger partial charge in [0.15, 0.2) is 0 Å². The van der Waals surface area contributed by atoms with Gasteiger partial charge in [-0.05, 0) is 23.7 Å². The number of nitro groups is 1. The zero-order valence-electron chi connectivity index (χ0n) is 9.41. The lowest BCUT2D eigenvalue weighted by atomic mass is 10.2. The molecule has 0 radical (unpaired) electrons. The quantitative estimate of drug-likeness (QED) is 0.527. The molecular weight excluding hydrogens is 272 g/mol. The number of halogens is 1. The van der Waals surface area contributed by atoms with Crippen molar-refractivity contribution in [1.29, 1.82) is 0 Å². The van der Waals surface area contributed by atoms with Gasteiger partial charge in [0.2, 0.25) is 5.28 Å². The number of nitrogens with zero attached hydrogens (tertiary/aromatic N) is 3. The van der Waals surface area contributed by atoms with E-state index in [-0.39, 0.29) is 11.0 Å². The van der Waals surface area contributed by atoms with Crippen LogP contribution < -0.4 is 5.32 Å². The maximum absolute atomic E-state index is 11.8. The van der Waals surface area contributed by atoms with E-state index in [4.69, 9.17) is 11.6 Å². The van der Waals surface area contributed by atoms with Gasteiger partial charge in [-0.15, -0.1) is 0 Å². The van der Waals surface area contributed by atoms with E-state index >= 15 is 0 Å². The van der Waals surface area contributed by atoms with Crippen LogP contribution in [-0.2, 0) is 0 Å². The van der Waals surface area contributed by atoms with E-state index in [0.717, 1.165) is 0 Å². The molecule has 0 spiro atoms. The topological polar surface area (TPSA) is 98.0 Å². The summed E-state index contributed by atoms with van der Waals surface area (Å²) in [5, 5.41) is 13.1. The second kappa shape index (κ2) is 5.40. The minimum atomic E-state index is -0.533. The van der Waals surface area contributed by atoms with Gasteiger partial charge < -0.3 is 5.32 Å². The van der Waals surface area contributed by atoms with Crippen molar-refractivity contribution in [1.82, 2.24) is 9.97 Å². The van der Waals surface area contributed by atoms with Crippen molar-refractivity contribution in [2.75, 3.05) is 5.32 Å². The first-order chi connectivity index (χ1) is 9.06. The van der Waals surface area contributed by atoms with Crippen molar-refractivity contribution in [3.63, 3.8) is 0 Å². The lowest BCUT2D eigenvalue weighted by Crippen LogP contribution is -2.12. The van der Waals surface area contributed by atoms with Crippen molar-refractivity contribution in [3.8, 4) is 0 Å². The number of carbonyl (C=O) groups is 1. The molecule has 1 aromatic heterocycles. The van der Waals surface area contributed by atoms with E-state index in [1.165, 1.54) is 36.7 Å². The summed E-state index contributed by atoms with van der Waals surface area (Å²) < 4.78 is 0. The zero-order valence-corrected chi connectivity index (χ0v) is 10.2. The predicted molar refractivity (Wildman–Crippen MR) is 68.1 cm³/mol. The first-order valence-electron chi connectivity index (χ1n) is 5.09. The molecule has 19 heavy (non-hydrogen) atoms. The van der Waals surface area contributed by atoms with Crippen LogP contribution in [0.1, 0.15) is 10.4 Å². The Hall–Kier alpha value is -2.54. The summed E-state index contributed by atoms with van der Waals surface area (Å²) in [6.07, 6.45) is 2.72. The molecule has 0 fully saturated rings. The number of hydrogen-bond donors (Lipinski definition) is 1. The summed E-state index contributed by atoms with van der Waals surface area (Å²) in [6.45, 7) is 0. The highest BCUT2D eigenvalue weighted by molar-refractivity contribution is 6.28. The van der Waals surface area contributed by atoms with E-state index in [9.17, 15) is 14.9 Å². The van der Waals surface area contributed by atoms with Crippen LogP contribution in [0.2, 0.25) is 5.28 Å². The van der Waals surface area contributed by atoms with Crippen LogP contribution in [0.4, 0.5) is 11.4 Å². The van der Waals surface area contributed by atoms with Crippen molar-refractivity contribution in [2.45, 2.75) is 0 Å². The highest BCUT2D eigenvalue weighted by Crippen LogP contribution is 2.13. The maximum Gasteiger partial charge on any atom is 0.269 e. The average Bonchev–Trinajstić information content (AvgIpc) is 2.41. The van der Waals surface area contributed by atoms with Crippen molar-refractivity contribution in [3.05, 3.63) is 57.6 Å². The van der Waals surface area contributed by atoms with Crippen molar-refractivity contribution >= 4 is 28.9 Å². The first kappa shape index (κ1) is 12.9. The van der Waals surface area contributed by atoms with Crippen molar-refractivity contribution < 1.29 is 9.72 Å².